The van der Waals surface area contributed by atoms with Crippen molar-refractivity contribution in [2.24, 2.45) is 0 Å². The topological polar surface area (TPSA) is 65.0 Å². The van der Waals surface area contributed by atoms with Crippen LogP contribution in [0.15, 0.2) is 209 Å². The first-order chi connectivity index (χ1) is 33.4. The number of hydrogen-bond donors (Lipinski definition) is 0. The molecule has 0 saturated heterocycles. The third-order valence-corrected chi connectivity index (χ3v) is 10.9. The number of fused-ring (bicyclic) bond motifs is 8. The van der Waals surface area contributed by atoms with E-state index in [0.717, 1.165) is 44.2 Å². The van der Waals surface area contributed by atoms with Crippen LogP contribution in [-0.2, 0) is 0 Å². The lowest BCUT2D eigenvalue weighted by atomic mass is 9.97. The second-order valence-corrected chi connectivity index (χ2v) is 14.5. The standard InChI is InChI=1S/C55H33N3O2/c1-3-12-34(13-4-1)37-17-9-19-40(30-37)53-56-54(58-55(57-53)42-25-27-45-47-32-38(35-14-5-2-6-15-35)26-29-48(47)59-50(45)33-42)41-20-10-18-39(31-41)43-22-11-23-49-51(43)46-28-24-36-16-7-8-21-44(36)52(46)60-49/h1-33H/i7D,8D,11D,16D,21D,22D,23D,24D,28D. The van der Waals surface area contributed by atoms with Crippen molar-refractivity contribution in [1.82, 2.24) is 15.0 Å². The van der Waals surface area contributed by atoms with E-state index in [2.05, 4.69) is 18.2 Å². The van der Waals surface area contributed by atoms with Gasteiger partial charge in [-0.15, -0.1) is 0 Å². The highest BCUT2D eigenvalue weighted by atomic mass is 16.3. The normalized spacial score (nSPS) is 13.8. The van der Waals surface area contributed by atoms with Crippen LogP contribution < -0.4 is 0 Å². The van der Waals surface area contributed by atoms with Gasteiger partial charge in [0.1, 0.15) is 22.3 Å². The van der Waals surface area contributed by atoms with Crippen LogP contribution in [0.2, 0.25) is 0 Å². The van der Waals surface area contributed by atoms with E-state index in [0.29, 0.717) is 39.7 Å². The Morgan fingerprint density at radius 1 is 0.350 bits per heavy atom. The summed E-state index contributed by atoms with van der Waals surface area (Å²) in [5.41, 5.74) is 7.72. The molecule has 0 bridgehead atoms. The molecule has 3 heterocycles. The number of furan rings is 2. The minimum Gasteiger partial charge on any atom is -0.456 e. The zero-order valence-electron chi connectivity index (χ0n) is 40.5. The summed E-state index contributed by atoms with van der Waals surface area (Å²) in [5.74, 6) is 1.05. The summed E-state index contributed by atoms with van der Waals surface area (Å²) < 4.78 is 92.0. The largest absolute Gasteiger partial charge is 0.456 e. The average molecular weight is 777 g/mol. The molecule has 0 fully saturated rings. The van der Waals surface area contributed by atoms with E-state index in [9.17, 15) is 2.74 Å². The van der Waals surface area contributed by atoms with Crippen LogP contribution in [-0.4, -0.2) is 15.0 Å². The molecule has 0 radical (unpaired) electrons. The van der Waals surface area contributed by atoms with Gasteiger partial charge in [-0.05, 0) is 87.2 Å². The molecule has 5 nitrogen and oxygen atoms in total. The molecule has 12 aromatic rings. The Labute approximate surface area is 357 Å². The van der Waals surface area contributed by atoms with Crippen LogP contribution in [0.4, 0.5) is 0 Å². The van der Waals surface area contributed by atoms with Gasteiger partial charge >= 0.3 is 0 Å². The van der Waals surface area contributed by atoms with Gasteiger partial charge in [0.2, 0.25) is 0 Å². The number of hydrogen-bond acceptors (Lipinski definition) is 5. The lowest BCUT2D eigenvalue weighted by Crippen LogP contribution is -2.00. The SMILES string of the molecule is [2H]c1c([2H])c(-c2cccc(-c3nc(-c4cccc(-c5ccccc5)c4)nc(-c4ccc5c(c4)oc4ccc(-c6ccccc6)cc45)n3)c2)c2c(oc3c4c([2H])c([2H])c([2H])c([2H])c4c([2H])c([2H])c32)c1[2H]. The lowest BCUT2D eigenvalue weighted by Gasteiger charge is -2.11. The minimum absolute atomic E-state index is 0.00441. The van der Waals surface area contributed by atoms with Crippen LogP contribution in [0.1, 0.15) is 12.3 Å². The van der Waals surface area contributed by atoms with Gasteiger partial charge in [0.05, 0.1) is 12.3 Å². The summed E-state index contributed by atoms with van der Waals surface area (Å²) in [7, 11) is 0. The Kier molecular flexibility index (Phi) is 5.95. The van der Waals surface area contributed by atoms with Crippen LogP contribution >= 0.6 is 0 Å². The monoisotopic (exact) mass is 776 g/mol. The average Bonchev–Trinajstić information content (AvgIpc) is 3.97. The van der Waals surface area contributed by atoms with Gasteiger partial charge in [-0.1, -0.05) is 151 Å². The molecule has 0 aliphatic heterocycles. The van der Waals surface area contributed by atoms with E-state index < -0.39 is 48.3 Å². The summed E-state index contributed by atoms with van der Waals surface area (Å²) >= 11 is 0. The van der Waals surface area contributed by atoms with Gasteiger partial charge in [0, 0.05) is 43.6 Å². The molecule has 0 atom stereocenters. The van der Waals surface area contributed by atoms with Crippen LogP contribution in [0.25, 0.3) is 122 Å². The smallest absolute Gasteiger partial charge is 0.164 e. The highest BCUT2D eigenvalue weighted by Crippen LogP contribution is 2.41. The molecule has 3 aromatic heterocycles. The molecule has 60 heavy (non-hydrogen) atoms. The molecule has 5 heteroatoms. The summed E-state index contributed by atoms with van der Waals surface area (Å²) in [5, 5.41) is 1.69. The molecule has 12 rings (SSSR count). The molecule has 280 valence electrons. The van der Waals surface area contributed by atoms with Crippen LogP contribution in [0.3, 0.4) is 0 Å². The number of aromatic nitrogens is 3. The second-order valence-electron chi connectivity index (χ2n) is 14.5. The molecule has 0 unspecified atom stereocenters. The van der Waals surface area contributed by atoms with Crippen molar-refractivity contribution < 1.29 is 21.2 Å². The fourth-order valence-corrected chi connectivity index (χ4v) is 7.96. The Hall–Kier alpha value is -8.15. The summed E-state index contributed by atoms with van der Waals surface area (Å²) in [6.07, 6.45) is 0. The maximum Gasteiger partial charge on any atom is 0.164 e. The first-order valence-electron chi connectivity index (χ1n) is 23.8. The Morgan fingerprint density at radius 2 is 0.967 bits per heavy atom. The maximum absolute atomic E-state index is 9.29. The maximum atomic E-state index is 9.29. The van der Waals surface area contributed by atoms with Crippen LogP contribution in [0, 0.1) is 0 Å². The molecule has 0 aliphatic carbocycles. The Morgan fingerprint density at radius 3 is 1.72 bits per heavy atom. The molecule has 0 saturated carbocycles. The molecule has 0 amide bonds. The van der Waals surface area contributed by atoms with Crippen molar-refractivity contribution in [2.45, 2.75) is 0 Å². The highest BCUT2D eigenvalue weighted by molar-refractivity contribution is 6.19. The summed E-state index contributed by atoms with van der Waals surface area (Å²) in [6, 6.07) is 43.0. The number of rotatable bonds is 6. The fraction of sp³-hybridized carbons (Fsp3) is 0. The van der Waals surface area contributed by atoms with Crippen molar-refractivity contribution in [3.63, 3.8) is 0 Å². The first-order valence-corrected chi connectivity index (χ1v) is 19.3. The first kappa shape index (κ1) is 26.0. The van der Waals surface area contributed by atoms with E-state index in [-0.39, 0.29) is 44.3 Å². The Balaban J connectivity index is 1.06. The van der Waals surface area contributed by atoms with Gasteiger partial charge < -0.3 is 8.83 Å². The van der Waals surface area contributed by atoms with Gasteiger partial charge in [-0.3, -0.25) is 0 Å². The van der Waals surface area contributed by atoms with E-state index >= 15 is 0 Å². The molecule has 0 spiro atoms. The van der Waals surface area contributed by atoms with Gasteiger partial charge in [-0.25, -0.2) is 15.0 Å². The van der Waals surface area contributed by atoms with E-state index in [1.54, 1.807) is 18.2 Å². The zero-order chi connectivity index (χ0) is 47.4. The van der Waals surface area contributed by atoms with Crippen LogP contribution in [0.5, 0.6) is 0 Å². The van der Waals surface area contributed by atoms with Crippen molar-refractivity contribution >= 4 is 54.6 Å². The molecule has 0 aliphatic rings. The Bertz CT molecular complexity index is 4140. The lowest BCUT2D eigenvalue weighted by molar-refractivity contribution is 0.669. The van der Waals surface area contributed by atoms with Gasteiger partial charge in [-0.2, -0.15) is 0 Å². The van der Waals surface area contributed by atoms with E-state index in [1.165, 1.54) is 0 Å². The zero-order valence-corrected chi connectivity index (χ0v) is 31.5. The predicted molar refractivity (Wildman–Crippen MR) is 245 cm³/mol. The number of nitrogens with zero attached hydrogens (tertiary/aromatic N) is 3. The summed E-state index contributed by atoms with van der Waals surface area (Å²) in [4.78, 5) is 15.2. The van der Waals surface area contributed by atoms with Crippen molar-refractivity contribution in [3.8, 4) is 67.5 Å². The van der Waals surface area contributed by atoms with Crippen molar-refractivity contribution in [1.29, 1.82) is 0 Å². The quantitative estimate of drug-likeness (QED) is 0.168. The van der Waals surface area contributed by atoms with E-state index in [1.807, 2.05) is 109 Å². The molecular formula is C55H33N3O2. The molecular weight excluding hydrogens is 735 g/mol. The summed E-state index contributed by atoms with van der Waals surface area (Å²) in [6.45, 7) is 0. The third kappa shape index (κ3) is 5.75. The predicted octanol–water partition coefficient (Wildman–Crippen LogP) is 14.8. The minimum atomic E-state index is -0.558. The second kappa shape index (κ2) is 13.8. The molecule has 9 aromatic carbocycles. The van der Waals surface area contributed by atoms with Gasteiger partial charge in [0.15, 0.2) is 17.5 Å². The van der Waals surface area contributed by atoms with Crippen molar-refractivity contribution in [2.75, 3.05) is 0 Å². The number of benzene rings is 9. The fourth-order valence-electron chi connectivity index (χ4n) is 7.96. The van der Waals surface area contributed by atoms with Gasteiger partial charge in [0.25, 0.3) is 0 Å². The third-order valence-electron chi connectivity index (χ3n) is 10.9. The highest BCUT2D eigenvalue weighted by Gasteiger charge is 2.18. The van der Waals surface area contributed by atoms with E-state index in [4.69, 9.17) is 33.4 Å². The van der Waals surface area contributed by atoms with Crippen molar-refractivity contribution in [3.05, 3.63) is 200 Å². The molecule has 0 N–H and O–H groups in total.